The van der Waals surface area contributed by atoms with Gasteiger partial charge in [0.1, 0.15) is 5.01 Å². The van der Waals surface area contributed by atoms with Gasteiger partial charge in [-0.05, 0) is 6.42 Å². The first kappa shape index (κ1) is 18.1. The minimum Gasteiger partial charge on any atom is -0.217 e. The van der Waals surface area contributed by atoms with Crippen molar-refractivity contribution in [3.63, 3.8) is 0 Å². The molecule has 0 amide bonds. The van der Waals surface area contributed by atoms with E-state index in [-0.39, 0.29) is 0 Å². The fourth-order valence-electron chi connectivity index (χ4n) is 3.18. The summed E-state index contributed by atoms with van der Waals surface area (Å²) in [4.78, 5) is 5.72. The maximum Gasteiger partial charge on any atom is 0.212 e. The van der Waals surface area contributed by atoms with Crippen molar-refractivity contribution >= 4 is 16.3 Å². The zero-order valence-electron chi connectivity index (χ0n) is 15.3. The van der Waals surface area contributed by atoms with Crippen molar-refractivity contribution in [1.82, 2.24) is 14.6 Å². The second kappa shape index (κ2) is 9.71. The first-order valence-electron chi connectivity index (χ1n) is 9.77. The van der Waals surface area contributed by atoms with Crippen molar-refractivity contribution in [1.29, 1.82) is 0 Å². The van der Waals surface area contributed by atoms with E-state index in [0.29, 0.717) is 0 Å². The average molecular weight is 356 g/mol. The third-order valence-electron chi connectivity index (χ3n) is 4.65. The van der Waals surface area contributed by atoms with E-state index in [4.69, 9.17) is 10.1 Å². The Morgan fingerprint density at radius 1 is 0.880 bits per heavy atom. The molecule has 0 aliphatic rings. The highest BCUT2D eigenvalue weighted by atomic mass is 32.1. The summed E-state index contributed by atoms with van der Waals surface area (Å²) in [6.07, 6.45) is 15.4. The Morgan fingerprint density at radius 3 is 2.24 bits per heavy atom. The molecular formula is C21H29N3S. The number of rotatable bonds is 11. The molecule has 3 aromatic rings. The van der Waals surface area contributed by atoms with E-state index in [9.17, 15) is 0 Å². The zero-order valence-corrected chi connectivity index (χ0v) is 16.1. The van der Waals surface area contributed by atoms with Crippen LogP contribution in [0.5, 0.6) is 0 Å². The number of hydrogen-bond acceptors (Lipinski definition) is 3. The molecule has 1 aromatic carbocycles. The highest BCUT2D eigenvalue weighted by molar-refractivity contribution is 7.16. The molecule has 0 bridgehead atoms. The number of aromatic nitrogens is 3. The van der Waals surface area contributed by atoms with Gasteiger partial charge < -0.3 is 0 Å². The van der Waals surface area contributed by atoms with E-state index < -0.39 is 0 Å². The molecule has 0 saturated carbocycles. The Kier molecular flexibility index (Phi) is 7.04. The van der Waals surface area contributed by atoms with Crippen molar-refractivity contribution in [2.24, 2.45) is 0 Å². The Morgan fingerprint density at radius 2 is 1.56 bits per heavy atom. The maximum atomic E-state index is 4.72. The van der Waals surface area contributed by atoms with Crippen LogP contribution in [0.25, 0.3) is 16.2 Å². The molecule has 0 fully saturated rings. The average Bonchev–Trinajstić information content (AvgIpc) is 3.20. The van der Waals surface area contributed by atoms with Crippen LogP contribution in [0, 0.1) is 0 Å². The van der Waals surface area contributed by atoms with Crippen LogP contribution in [0.4, 0.5) is 0 Å². The smallest absolute Gasteiger partial charge is 0.212 e. The summed E-state index contributed by atoms with van der Waals surface area (Å²) in [5, 5.41) is 5.91. The van der Waals surface area contributed by atoms with Crippen LogP contribution in [-0.2, 0) is 6.42 Å². The minimum absolute atomic E-state index is 1.00. The zero-order chi connectivity index (χ0) is 17.3. The first-order chi connectivity index (χ1) is 12.4. The fraction of sp³-hybridized carbons (Fsp3) is 0.524. The molecule has 0 unspecified atom stereocenters. The van der Waals surface area contributed by atoms with E-state index in [2.05, 4.69) is 19.1 Å². The number of nitrogens with zero attached hydrogens (tertiary/aromatic N) is 3. The lowest BCUT2D eigenvalue weighted by molar-refractivity contribution is 0.564. The van der Waals surface area contributed by atoms with E-state index in [1.807, 2.05) is 28.9 Å². The summed E-state index contributed by atoms with van der Waals surface area (Å²) < 4.78 is 1.94. The van der Waals surface area contributed by atoms with E-state index in [1.54, 1.807) is 11.3 Å². The van der Waals surface area contributed by atoms with Crippen molar-refractivity contribution < 1.29 is 0 Å². The SMILES string of the molecule is CCCCCCCCCCCc1nn2cc(-c3ccccc3)nc2s1. The number of unbranched alkanes of at least 4 members (excludes halogenated alkanes) is 8. The summed E-state index contributed by atoms with van der Waals surface area (Å²) in [7, 11) is 0. The quantitative estimate of drug-likeness (QED) is 0.366. The number of imidazole rings is 1. The molecule has 0 N–H and O–H groups in total. The van der Waals surface area contributed by atoms with E-state index in [0.717, 1.165) is 22.6 Å². The second-order valence-electron chi connectivity index (χ2n) is 6.79. The Hall–Kier alpha value is -1.68. The fourth-order valence-corrected chi connectivity index (χ4v) is 4.09. The van der Waals surface area contributed by atoms with Crippen LogP contribution in [0.3, 0.4) is 0 Å². The normalized spacial score (nSPS) is 11.4. The third kappa shape index (κ3) is 5.40. The summed E-state index contributed by atoms with van der Waals surface area (Å²) in [5.41, 5.74) is 2.16. The van der Waals surface area contributed by atoms with Crippen molar-refractivity contribution in [3.8, 4) is 11.3 Å². The molecule has 2 aromatic heterocycles. The number of fused-ring (bicyclic) bond motifs is 1. The molecule has 4 heteroatoms. The van der Waals surface area contributed by atoms with Crippen LogP contribution in [0.2, 0.25) is 0 Å². The van der Waals surface area contributed by atoms with Gasteiger partial charge in [-0.3, -0.25) is 0 Å². The lowest BCUT2D eigenvalue weighted by Gasteiger charge is -2.00. The monoisotopic (exact) mass is 355 g/mol. The summed E-state index contributed by atoms with van der Waals surface area (Å²) in [6.45, 7) is 2.28. The van der Waals surface area contributed by atoms with Gasteiger partial charge in [-0.1, -0.05) is 100.0 Å². The van der Waals surface area contributed by atoms with Gasteiger partial charge in [0.05, 0.1) is 11.9 Å². The highest BCUT2D eigenvalue weighted by Crippen LogP contribution is 2.23. The van der Waals surface area contributed by atoms with Crippen LogP contribution in [0.15, 0.2) is 36.5 Å². The van der Waals surface area contributed by atoms with Gasteiger partial charge in [0.25, 0.3) is 0 Å². The van der Waals surface area contributed by atoms with Gasteiger partial charge >= 0.3 is 0 Å². The van der Waals surface area contributed by atoms with Crippen molar-refractivity contribution in [2.75, 3.05) is 0 Å². The minimum atomic E-state index is 1.00. The predicted molar refractivity (Wildman–Crippen MR) is 107 cm³/mol. The molecule has 134 valence electrons. The molecule has 0 saturated heterocycles. The van der Waals surface area contributed by atoms with Crippen LogP contribution in [-0.4, -0.2) is 14.6 Å². The summed E-state index contributed by atoms with van der Waals surface area (Å²) in [5.74, 6) is 0. The Balaban J connectivity index is 1.39. The molecule has 25 heavy (non-hydrogen) atoms. The molecule has 0 atom stereocenters. The van der Waals surface area contributed by atoms with Crippen LogP contribution >= 0.6 is 11.3 Å². The number of hydrogen-bond donors (Lipinski definition) is 0. The second-order valence-corrected chi connectivity index (χ2v) is 7.83. The van der Waals surface area contributed by atoms with Gasteiger partial charge in [-0.25, -0.2) is 9.50 Å². The van der Waals surface area contributed by atoms with Crippen LogP contribution < -0.4 is 0 Å². The molecule has 0 aliphatic carbocycles. The summed E-state index contributed by atoms with van der Waals surface area (Å²) in [6, 6.07) is 10.3. The Bertz CT molecular complexity index is 713. The maximum absolute atomic E-state index is 4.72. The van der Waals surface area contributed by atoms with Crippen molar-refractivity contribution in [2.45, 2.75) is 71.1 Å². The van der Waals surface area contributed by atoms with Gasteiger partial charge in [-0.15, -0.1) is 0 Å². The number of benzene rings is 1. The topological polar surface area (TPSA) is 30.2 Å². The first-order valence-corrected chi connectivity index (χ1v) is 10.6. The molecule has 3 nitrogen and oxygen atoms in total. The molecule has 0 spiro atoms. The standard InChI is InChI=1S/C21H29N3S/c1-2-3-4-5-6-7-8-9-13-16-20-23-24-17-19(22-21(24)25-20)18-14-11-10-12-15-18/h10-12,14-15,17H,2-9,13,16H2,1H3. The molecule has 3 rings (SSSR count). The van der Waals surface area contributed by atoms with Gasteiger partial charge in [0, 0.05) is 12.0 Å². The van der Waals surface area contributed by atoms with Crippen molar-refractivity contribution in [3.05, 3.63) is 41.5 Å². The van der Waals surface area contributed by atoms with Crippen LogP contribution in [0.1, 0.15) is 69.7 Å². The molecule has 0 aliphatic heterocycles. The van der Waals surface area contributed by atoms with Gasteiger partial charge in [-0.2, -0.15) is 5.10 Å². The largest absolute Gasteiger partial charge is 0.217 e. The lowest BCUT2D eigenvalue weighted by Crippen LogP contribution is -1.88. The summed E-state index contributed by atoms with van der Waals surface area (Å²) >= 11 is 1.73. The third-order valence-corrected chi connectivity index (χ3v) is 5.63. The number of aryl methyl sites for hydroxylation is 1. The molecule has 2 heterocycles. The lowest BCUT2D eigenvalue weighted by atomic mass is 10.1. The van der Waals surface area contributed by atoms with Gasteiger partial charge in [0.2, 0.25) is 4.96 Å². The highest BCUT2D eigenvalue weighted by Gasteiger charge is 2.09. The van der Waals surface area contributed by atoms with Gasteiger partial charge in [0.15, 0.2) is 0 Å². The van der Waals surface area contributed by atoms with E-state index in [1.165, 1.54) is 62.8 Å². The Labute approximate surface area is 155 Å². The molecular weight excluding hydrogens is 326 g/mol. The predicted octanol–water partition coefficient (Wildman–Crippen LogP) is 6.53. The molecule has 0 radical (unpaired) electrons. The van der Waals surface area contributed by atoms with E-state index >= 15 is 0 Å².